The van der Waals surface area contributed by atoms with Gasteiger partial charge in [-0.3, -0.25) is 4.79 Å². The molecule has 1 amide bonds. The van der Waals surface area contributed by atoms with Crippen molar-refractivity contribution in [3.05, 3.63) is 35.2 Å². The van der Waals surface area contributed by atoms with Gasteiger partial charge in [-0.25, -0.2) is 4.68 Å². The van der Waals surface area contributed by atoms with E-state index in [0.29, 0.717) is 18.3 Å². The second-order valence-electron chi connectivity index (χ2n) is 6.32. The van der Waals surface area contributed by atoms with Crippen molar-refractivity contribution >= 4 is 11.6 Å². The minimum Gasteiger partial charge on any atom is -0.493 e. The molecule has 3 heterocycles. The number of aromatic nitrogens is 3. The fourth-order valence-electron chi connectivity index (χ4n) is 3.40. The minimum atomic E-state index is -0.216. The molecule has 0 atom stereocenters. The van der Waals surface area contributed by atoms with Gasteiger partial charge in [-0.05, 0) is 56.6 Å². The quantitative estimate of drug-likeness (QED) is 0.897. The summed E-state index contributed by atoms with van der Waals surface area (Å²) >= 11 is 0. The Labute approximate surface area is 140 Å². The molecule has 0 unspecified atom stereocenters. The standard InChI is InChI=1S/C17H21N5O2/c1-11-16(20-21-22(11)14-4-7-18-8-5-14)17(23)19-13-2-3-15-12(10-13)6-9-24-15/h2-3,10,14,18H,4-9H2,1H3,(H,19,23). The number of ether oxygens (including phenoxy) is 1. The Morgan fingerprint density at radius 2 is 2.21 bits per heavy atom. The summed E-state index contributed by atoms with van der Waals surface area (Å²) in [4.78, 5) is 12.6. The molecule has 7 heteroatoms. The highest BCUT2D eigenvalue weighted by Gasteiger charge is 2.23. The van der Waals surface area contributed by atoms with Gasteiger partial charge in [-0.2, -0.15) is 0 Å². The van der Waals surface area contributed by atoms with E-state index < -0.39 is 0 Å². The number of nitrogens with zero attached hydrogens (tertiary/aromatic N) is 3. The van der Waals surface area contributed by atoms with Gasteiger partial charge in [0.1, 0.15) is 5.75 Å². The molecular weight excluding hydrogens is 306 g/mol. The Morgan fingerprint density at radius 1 is 1.38 bits per heavy atom. The lowest BCUT2D eigenvalue weighted by Gasteiger charge is -2.23. The Morgan fingerprint density at radius 3 is 3.04 bits per heavy atom. The molecule has 0 radical (unpaired) electrons. The molecule has 2 aliphatic rings. The lowest BCUT2D eigenvalue weighted by Crippen LogP contribution is -2.30. The zero-order valence-corrected chi connectivity index (χ0v) is 13.7. The van der Waals surface area contributed by atoms with Gasteiger partial charge in [0.15, 0.2) is 5.69 Å². The number of hydrogen-bond donors (Lipinski definition) is 2. The molecule has 126 valence electrons. The van der Waals surface area contributed by atoms with E-state index in [2.05, 4.69) is 20.9 Å². The van der Waals surface area contributed by atoms with Crippen LogP contribution in [0.5, 0.6) is 5.75 Å². The van der Waals surface area contributed by atoms with Crippen molar-refractivity contribution in [2.75, 3.05) is 25.0 Å². The van der Waals surface area contributed by atoms with Crippen LogP contribution in [0.4, 0.5) is 5.69 Å². The molecule has 24 heavy (non-hydrogen) atoms. The molecule has 1 fully saturated rings. The summed E-state index contributed by atoms with van der Waals surface area (Å²) < 4.78 is 7.38. The number of benzene rings is 1. The van der Waals surface area contributed by atoms with Crippen LogP contribution in [0, 0.1) is 6.92 Å². The third-order valence-electron chi connectivity index (χ3n) is 4.74. The van der Waals surface area contributed by atoms with Crippen LogP contribution >= 0.6 is 0 Å². The molecular formula is C17H21N5O2. The Kier molecular flexibility index (Phi) is 3.93. The predicted octanol–water partition coefficient (Wildman–Crippen LogP) is 1.70. The third kappa shape index (κ3) is 2.75. The van der Waals surface area contributed by atoms with Crippen molar-refractivity contribution in [3.63, 3.8) is 0 Å². The molecule has 0 spiro atoms. The second kappa shape index (κ2) is 6.24. The first-order valence-corrected chi connectivity index (χ1v) is 8.42. The van der Waals surface area contributed by atoms with Gasteiger partial charge in [-0.1, -0.05) is 5.21 Å². The number of fused-ring (bicyclic) bond motifs is 1. The van der Waals surface area contributed by atoms with Crippen molar-refractivity contribution in [3.8, 4) is 5.75 Å². The molecule has 1 saturated heterocycles. The minimum absolute atomic E-state index is 0.216. The number of hydrogen-bond acceptors (Lipinski definition) is 5. The van der Waals surface area contributed by atoms with E-state index in [9.17, 15) is 4.79 Å². The highest BCUT2D eigenvalue weighted by molar-refractivity contribution is 6.03. The van der Waals surface area contributed by atoms with Crippen molar-refractivity contribution in [1.29, 1.82) is 0 Å². The number of piperidine rings is 1. The van der Waals surface area contributed by atoms with Gasteiger partial charge in [0.05, 0.1) is 18.3 Å². The van der Waals surface area contributed by atoms with E-state index in [4.69, 9.17) is 4.74 Å². The van der Waals surface area contributed by atoms with Crippen LogP contribution in [0.25, 0.3) is 0 Å². The van der Waals surface area contributed by atoms with E-state index in [1.165, 1.54) is 0 Å². The zero-order valence-electron chi connectivity index (χ0n) is 13.7. The molecule has 2 aromatic rings. The van der Waals surface area contributed by atoms with E-state index in [1.807, 2.05) is 29.8 Å². The van der Waals surface area contributed by atoms with Crippen LogP contribution in [0.2, 0.25) is 0 Å². The summed E-state index contributed by atoms with van der Waals surface area (Å²) in [7, 11) is 0. The Bertz CT molecular complexity index is 764. The second-order valence-corrected chi connectivity index (χ2v) is 6.32. The smallest absolute Gasteiger partial charge is 0.278 e. The van der Waals surface area contributed by atoms with E-state index in [1.54, 1.807) is 0 Å². The maximum atomic E-state index is 12.6. The lowest BCUT2D eigenvalue weighted by atomic mass is 10.1. The molecule has 0 aliphatic carbocycles. The lowest BCUT2D eigenvalue weighted by molar-refractivity contribution is 0.102. The first kappa shape index (κ1) is 15.1. The van der Waals surface area contributed by atoms with E-state index >= 15 is 0 Å². The van der Waals surface area contributed by atoms with Gasteiger partial charge >= 0.3 is 0 Å². The molecule has 0 bridgehead atoms. The number of nitrogens with one attached hydrogen (secondary N) is 2. The Hall–Kier alpha value is -2.41. The molecule has 7 nitrogen and oxygen atoms in total. The first-order valence-electron chi connectivity index (χ1n) is 8.42. The summed E-state index contributed by atoms with van der Waals surface area (Å²) in [5, 5.41) is 14.6. The number of rotatable bonds is 3. The third-order valence-corrected chi connectivity index (χ3v) is 4.74. The zero-order chi connectivity index (χ0) is 16.5. The predicted molar refractivity (Wildman–Crippen MR) is 89.5 cm³/mol. The summed E-state index contributed by atoms with van der Waals surface area (Å²) in [5.74, 6) is 0.688. The van der Waals surface area contributed by atoms with Gasteiger partial charge in [0.25, 0.3) is 5.91 Å². The number of amides is 1. The van der Waals surface area contributed by atoms with Crippen LogP contribution in [0.15, 0.2) is 18.2 Å². The van der Waals surface area contributed by atoms with Crippen LogP contribution in [0.3, 0.4) is 0 Å². The maximum absolute atomic E-state index is 12.6. The molecule has 1 aromatic carbocycles. The molecule has 1 aromatic heterocycles. The van der Waals surface area contributed by atoms with Crippen LogP contribution < -0.4 is 15.4 Å². The monoisotopic (exact) mass is 327 g/mol. The maximum Gasteiger partial charge on any atom is 0.278 e. The topological polar surface area (TPSA) is 81.1 Å². The van der Waals surface area contributed by atoms with Crippen molar-refractivity contribution in [2.24, 2.45) is 0 Å². The van der Waals surface area contributed by atoms with Crippen LogP contribution in [-0.2, 0) is 6.42 Å². The molecule has 4 rings (SSSR count). The molecule has 0 saturated carbocycles. The number of carbonyl (C=O) groups is 1. The largest absolute Gasteiger partial charge is 0.493 e. The fourth-order valence-corrected chi connectivity index (χ4v) is 3.40. The average Bonchev–Trinajstić information content (AvgIpc) is 3.21. The van der Waals surface area contributed by atoms with E-state index in [-0.39, 0.29) is 5.91 Å². The summed E-state index contributed by atoms with van der Waals surface area (Å²) in [5.41, 5.74) is 3.11. The molecule has 2 aliphatic heterocycles. The van der Waals surface area contributed by atoms with E-state index in [0.717, 1.165) is 55.0 Å². The van der Waals surface area contributed by atoms with Gasteiger partial charge in [0.2, 0.25) is 0 Å². The van der Waals surface area contributed by atoms with Gasteiger partial charge in [0, 0.05) is 12.1 Å². The summed E-state index contributed by atoms with van der Waals surface area (Å²) in [6.07, 6.45) is 2.90. The van der Waals surface area contributed by atoms with Crippen molar-refractivity contribution < 1.29 is 9.53 Å². The number of anilines is 1. The van der Waals surface area contributed by atoms with Gasteiger partial charge < -0.3 is 15.4 Å². The SMILES string of the molecule is Cc1c(C(=O)Nc2ccc3c(c2)CCO3)nnn1C1CCNCC1. The van der Waals surface area contributed by atoms with Gasteiger partial charge in [-0.15, -0.1) is 5.10 Å². The Balaban J connectivity index is 1.51. The molecule has 2 N–H and O–H groups in total. The highest BCUT2D eigenvalue weighted by atomic mass is 16.5. The normalized spacial score (nSPS) is 17.4. The summed E-state index contributed by atoms with van der Waals surface area (Å²) in [6.45, 7) is 4.56. The van der Waals surface area contributed by atoms with Crippen molar-refractivity contribution in [2.45, 2.75) is 32.2 Å². The highest BCUT2D eigenvalue weighted by Crippen LogP contribution is 2.28. The van der Waals surface area contributed by atoms with Crippen LogP contribution in [0.1, 0.15) is 40.6 Å². The average molecular weight is 327 g/mol. The first-order chi connectivity index (χ1) is 11.7. The summed E-state index contributed by atoms with van der Waals surface area (Å²) in [6, 6.07) is 6.04. The van der Waals surface area contributed by atoms with Crippen molar-refractivity contribution in [1.82, 2.24) is 20.3 Å². The number of carbonyl (C=O) groups excluding carboxylic acids is 1. The fraction of sp³-hybridized carbons (Fsp3) is 0.471. The van der Waals surface area contributed by atoms with Crippen LogP contribution in [-0.4, -0.2) is 40.6 Å².